The van der Waals surface area contributed by atoms with Gasteiger partial charge in [0.05, 0.1) is 6.54 Å². The number of nitrogens with zero attached hydrogens (tertiary/aromatic N) is 1. The van der Waals surface area contributed by atoms with Crippen LogP contribution in [0.3, 0.4) is 0 Å². The lowest BCUT2D eigenvalue weighted by Gasteiger charge is -2.20. The number of aliphatic imine (C=N–C) groups is 1. The van der Waals surface area contributed by atoms with E-state index in [0.717, 1.165) is 51.4 Å². The van der Waals surface area contributed by atoms with Gasteiger partial charge >= 0.3 is 0 Å². The minimum Gasteiger partial charge on any atom is -0.353 e. The molecule has 0 aliphatic rings. The fourth-order valence-corrected chi connectivity index (χ4v) is 2.26. The van der Waals surface area contributed by atoms with Gasteiger partial charge in [0.25, 0.3) is 0 Å². The molecule has 0 fully saturated rings. The lowest BCUT2D eigenvalue weighted by atomic mass is 9.94. The van der Waals surface area contributed by atoms with Gasteiger partial charge in [-0.2, -0.15) is 0 Å². The van der Waals surface area contributed by atoms with Crippen molar-refractivity contribution in [2.75, 3.05) is 6.54 Å². The molecule has 116 valence electrons. The van der Waals surface area contributed by atoms with E-state index in [-0.39, 0.29) is 17.9 Å². The molecule has 1 N–H and O–H groups in total. The maximum absolute atomic E-state index is 12.3. The molecule has 1 amide bonds. The lowest BCUT2D eigenvalue weighted by Crippen LogP contribution is -2.37. The van der Waals surface area contributed by atoms with E-state index in [4.69, 9.17) is 0 Å². The first-order chi connectivity index (χ1) is 9.65. The third kappa shape index (κ3) is 9.74. The first-order valence-electron chi connectivity index (χ1n) is 7.99. The minimum absolute atomic E-state index is 0.148. The van der Waals surface area contributed by atoms with Gasteiger partial charge in [0.2, 0.25) is 12.0 Å². The molecule has 1 atom stereocenters. The van der Waals surface area contributed by atoms with E-state index >= 15 is 0 Å². The Morgan fingerprint density at radius 1 is 1.10 bits per heavy atom. The van der Waals surface area contributed by atoms with Crippen molar-refractivity contribution in [3.8, 4) is 0 Å². The van der Waals surface area contributed by atoms with Crippen molar-refractivity contribution in [2.24, 2.45) is 10.9 Å². The fraction of sp³-hybridized carbons (Fsp3) is 0.875. The molecule has 0 heterocycles. The molecule has 0 bridgehead atoms. The summed E-state index contributed by atoms with van der Waals surface area (Å²) < 4.78 is 0. The van der Waals surface area contributed by atoms with E-state index in [2.05, 4.69) is 24.2 Å². The number of isocyanates is 1. The van der Waals surface area contributed by atoms with Crippen molar-refractivity contribution in [1.29, 1.82) is 0 Å². The van der Waals surface area contributed by atoms with Crippen LogP contribution in [0.25, 0.3) is 0 Å². The quantitative estimate of drug-likeness (QED) is 0.338. The predicted molar refractivity (Wildman–Crippen MR) is 82.4 cm³/mol. The summed E-state index contributed by atoms with van der Waals surface area (Å²) in [4.78, 5) is 25.7. The first-order valence-corrected chi connectivity index (χ1v) is 7.99. The van der Waals surface area contributed by atoms with Gasteiger partial charge in [0.15, 0.2) is 0 Å². The monoisotopic (exact) mass is 282 g/mol. The van der Waals surface area contributed by atoms with Crippen LogP contribution in [0.2, 0.25) is 0 Å². The molecule has 20 heavy (non-hydrogen) atoms. The molecule has 0 saturated heterocycles. The molecule has 4 nitrogen and oxygen atoms in total. The highest BCUT2D eigenvalue weighted by Gasteiger charge is 2.18. The lowest BCUT2D eigenvalue weighted by molar-refractivity contribution is -0.126. The second kappa shape index (κ2) is 12.9. The largest absolute Gasteiger partial charge is 0.353 e. The van der Waals surface area contributed by atoms with Gasteiger partial charge in [-0.05, 0) is 32.6 Å². The highest BCUT2D eigenvalue weighted by molar-refractivity contribution is 5.78. The minimum atomic E-state index is 0.148. The van der Waals surface area contributed by atoms with Gasteiger partial charge in [-0.15, -0.1) is 0 Å². The SMILES string of the molecule is CCCCC(CCCC)C(=O)NC(C)CCCN=C=O. The van der Waals surface area contributed by atoms with E-state index < -0.39 is 0 Å². The molecule has 0 aromatic rings. The van der Waals surface area contributed by atoms with Crippen molar-refractivity contribution < 1.29 is 9.59 Å². The summed E-state index contributed by atoms with van der Waals surface area (Å²) in [7, 11) is 0. The van der Waals surface area contributed by atoms with Crippen LogP contribution >= 0.6 is 0 Å². The zero-order valence-electron chi connectivity index (χ0n) is 13.3. The molecule has 0 aromatic heterocycles. The van der Waals surface area contributed by atoms with Gasteiger partial charge in [-0.1, -0.05) is 39.5 Å². The van der Waals surface area contributed by atoms with Crippen LogP contribution in [0.5, 0.6) is 0 Å². The molecule has 0 aliphatic heterocycles. The summed E-state index contributed by atoms with van der Waals surface area (Å²) >= 11 is 0. The Labute approximate surface area is 123 Å². The van der Waals surface area contributed by atoms with Crippen LogP contribution in [-0.4, -0.2) is 24.6 Å². The van der Waals surface area contributed by atoms with Crippen LogP contribution in [0.15, 0.2) is 4.99 Å². The van der Waals surface area contributed by atoms with Crippen LogP contribution in [0, 0.1) is 5.92 Å². The Balaban J connectivity index is 4.10. The molecule has 0 rings (SSSR count). The topological polar surface area (TPSA) is 58.5 Å². The Bertz CT molecular complexity index is 291. The Kier molecular flexibility index (Phi) is 12.1. The number of carbonyl (C=O) groups is 1. The van der Waals surface area contributed by atoms with E-state index in [1.807, 2.05) is 6.92 Å². The molecule has 0 aromatic carbocycles. The molecule has 0 saturated carbocycles. The summed E-state index contributed by atoms with van der Waals surface area (Å²) in [6, 6.07) is 0.148. The second-order valence-electron chi connectivity index (χ2n) is 5.51. The van der Waals surface area contributed by atoms with E-state index in [0.29, 0.717) is 6.54 Å². The van der Waals surface area contributed by atoms with Gasteiger partial charge in [0, 0.05) is 12.0 Å². The van der Waals surface area contributed by atoms with Crippen molar-refractivity contribution in [1.82, 2.24) is 5.32 Å². The number of amides is 1. The average Bonchev–Trinajstić information content (AvgIpc) is 2.43. The van der Waals surface area contributed by atoms with Crippen molar-refractivity contribution in [2.45, 2.75) is 78.2 Å². The maximum Gasteiger partial charge on any atom is 0.234 e. The summed E-state index contributed by atoms with van der Waals surface area (Å²) in [6.45, 7) is 6.83. The molecule has 0 spiro atoms. The average molecular weight is 282 g/mol. The zero-order chi connectivity index (χ0) is 15.2. The van der Waals surface area contributed by atoms with Gasteiger partial charge in [0.1, 0.15) is 0 Å². The second-order valence-corrected chi connectivity index (χ2v) is 5.51. The fourth-order valence-electron chi connectivity index (χ4n) is 2.26. The van der Waals surface area contributed by atoms with Gasteiger partial charge in [-0.25, -0.2) is 9.79 Å². The van der Waals surface area contributed by atoms with Gasteiger partial charge < -0.3 is 5.32 Å². The number of rotatable bonds is 12. The normalized spacial score (nSPS) is 12.0. The molecule has 0 aliphatic carbocycles. The van der Waals surface area contributed by atoms with Crippen LogP contribution in [0.4, 0.5) is 0 Å². The summed E-state index contributed by atoms with van der Waals surface area (Å²) in [5, 5.41) is 3.10. The molecule has 0 radical (unpaired) electrons. The molecule has 4 heteroatoms. The van der Waals surface area contributed by atoms with Gasteiger partial charge in [-0.3, -0.25) is 4.79 Å². The number of hydrogen-bond acceptors (Lipinski definition) is 3. The number of hydrogen-bond donors (Lipinski definition) is 1. The molecular weight excluding hydrogens is 252 g/mol. The number of carbonyl (C=O) groups excluding carboxylic acids is 2. The zero-order valence-corrected chi connectivity index (χ0v) is 13.3. The summed E-state index contributed by atoms with van der Waals surface area (Å²) in [6.07, 6.45) is 9.68. The highest BCUT2D eigenvalue weighted by Crippen LogP contribution is 2.17. The Hall–Kier alpha value is -1.15. The van der Waals surface area contributed by atoms with Crippen LogP contribution in [-0.2, 0) is 9.59 Å². The summed E-state index contributed by atoms with van der Waals surface area (Å²) in [5.74, 6) is 0.351. The van der Waals surface area contributed by atoms with Crippen molar-refractivity contribution in [3.63, 3.8) is 0 Å². The molecule has 1 unspecified atom stereocenters. The van der Waals surface area contributed by atoms with E-state index in [1.165, 1.54) is 6.08 Å². The summed E-state index contributed by atoms with van der Waals surface area (Å²) in [5.41, 5.74) is 0. The van der Waals surface area contributed by atoms with E-state index in [9.17, 15) is 9.59 Å². The maximum atomic E-state index is 12.3. The van der Waals surface area contributed by atoms with Crippen LogP contribution < -0.4 is 5.32 Å². The third-order valence-electron chi connectivity index (χ3n) is 3.54. The Morgan fingerprint density at radius 2 is 1.70 bits per heavy atom. The first kappa shape index (κ1) is 18.9. The van der Waals surface area contributed by atoms with Crippen molar-refractivity contribution >= 4 is 12.0 Å². The number of nitrogens with one attached hydrogen (secondary N) is 1. The van der Waals surface area contributed by atoms with Crippen molar-refractivity contribution in [3.05, 3.63) is 0 Å². The van der Waals surface area contributed by atoms with E-state index in [1.54, 1.807) is 0 Å². The predicted octanol–water partition coefficient (Wildman–Crippen LogP) is 3.60. The van der Waals surface area contributed by atoms with Crippen LogP contribution in [0.1, 0.15) is 72.1 Å². The highest BCUT2D eigenvalue weighted by atomic mass is 16.2. The standard InChI is InChI=1S/C16H30N2O2/c1-4-6-10-15(11-7-5-2)16(20)18-14(3)9-8-12-17-13-19/h14-15H,4-12H2,1-3H3,(H,18,20). The Morgan fingerprint density at radius 3 is 2.20 bits per heavy atom. The molecular formula is C16H30N2O2. The smallest absolute Gasteiger partial charge is 0.234 e. The number of unbranched alkanes of at least 4 members (excludes halogenated alkanes) is 2. The third-order valence-corrected chi connectivity index (χ3v) is 3.54.